The van der Waals surface area contributed by atoms with Gasteiger partial charge in [0.05, 0.1) is 0 Å². The first kappa shape index (κ1) is 13.9. The fraction of sp³-hybridized carbons (Fsp3) is 0.647. The second-order valence-corrected chi connectivity index (χ2v) is 6.41. The number of rotatable bonds is 5. The molecule has 1 heterocycles. The summed E-state index contributed by atoms with van der Waals surface area (Å²) < 4.78 is 0. The number of hydrogen-bond acceptors (Lipinski definition) is 3. The van der Waals surface area contributed by atoms with Gasteiger partial charge in [-0.05, 0) is 69.3 Å². The van der Waals surface area contributed by atoms with Crippen LogP contribution in [-0.2, 0) is 0 Å². The molecule has 0 bridgehead atoms. The highest BCUT2D eigenvalue weighted by atomic mass is 16.3. The van der Waals surface area contributed by atoms with Gasteiger partial charge in [0.15, 0.2) is 0 Å². The van der Waals surface area contributed by atoms with Crippen molar-refractivity contribution >= 4 is 0 Å². The van der Waals surface area contributed by atoms with E-state index in [1.807, 2.05) is 12.1 Å². The van der Waals surface area contributed by atoms with E-state index in [9.17, 15) is 5.11 Å². The Labute approximate surface area is 122 Å². The van der Waals surface area contributed by atoms with E-state index in [2.05, 4.69) is 23.2 Å². The number of phenols is 1. The van der Waals surface area contributed by atoms with Crippen molar-refractivity contribution in [2.24, 2.45) is 5.92 Å². The number of hydrogen-bond donors (Lipinski definition) is 2. The molecule has 1 aromatic rings. The van der Waals surface area contributed by atoms with Crippen LogP contribution in [-0.4, -0.2) is 35.7 Å². The molecule has 3 heteroatoms. The van der Waals surface area contributed by atoms with Gasteiger partial charge in [0.25, 0.3) is 0 Å². The molecule has 2 fully saturated rings. The van der Waals surface area contributed by atoms with Crippen LogP contribution in [0.1, 0.15) is 44.2 Å². The van der Waals surface area contributed by atoms with Crippen LogP contribution in [0.15, 0.2) is 24.3 Å². The molecule has 3 nitrogen and oxygen atoms in total. The molecule has 2 atom stereocenters. The van der Waals surface area contributed by atoms with E-state index in [0.29, 0.717) is 11.8 Å². The SMILES string of the molecule is CC(c1cccc(O)c1)N(CC1CCCNC1)C1CC1. The molecule has 1 aromatic carbocycles. The smallest absolute Gasteiger partial charge is 0.115 e. The molecule has 0 amide bonds. The second kappa shape index (κ2) is 6.15. The summed E-state index contributed by atoms with van der Waals surface area (Å²) in [6.45, 7) is 5.82. The zero-order valence-corrected chi connectivity index (χ0v) is 12.4. The molecule has 110 valence electrons. The minimum Gasteiger partial charge on any atom is -0.508 e. The van der Waals surface area contributed by atoms with Gasteiger partial charge >= 0.3 is 0 Å². The van der Waals surface area contributed by atoms with Crippen molar-refractivity contribution in [1.82, 2.24) is 10.2 Å². The third-order valence-electron chi connectivity index (χ3n) is 4.73. The summed E-state index contributed by atoms with van der Waals surface area (Å²) in [5.74, 6) is 1.16. The van der Waals surface area contributed by atoms with Gasteiger partial charge in [0.1, 0.15) is 5.75 Å². The van der Waals surface area contributed by atoms with Crippen molar-refractivity contribution in [3.05, 3.63) is 29.8 Å². The zero-order valence-electron chi connectivity index (χ0n) is 12.4. The Kier molecular flexibility index (Phi) is 4.27. The predicted octanol–water partition coefficient (Wildman–Crippen LogP) is 2.92. The fourth-order valence-corrected chi connectivity index (χ4v) is 3.38. The molecular weight excluding hydrogens is 248 g/mol. The monoisotopic (exact) mass is 274 g/mol. The zero-order chi connectivity index (χ0) is 13.9. The van der Waals surface area contributed by atoms with Crippen molar-refractivity contribution < 1.29 is 5.11 Å². The van der Waals surface area contributed by atoms with Crippen molar-refractivity contribution in [3.63, 3.8) is 0 Å². The maximum absolute atomic E-state index is 9.69. The Bertz CT molecular complexity index is 438. The van der Waals surface area contributed by atoms with Crippen molar-refractivity contribution in [2.45, 2.75) is 44.7 Å². The lowest BCUT2D eigenvalue weighted by Gasteiger charge is -2.34. The average molecular weight is 274 g/mol. The van der Waals surface area contributed by atoms with Crippen LogP contribution < -0.4 is 5.32 Å². The number of phenolic OH excluding ortho intramolecular Hbond substituents is 1. The van der Waals surface area contributed by atoms with Gasteiger partial charge in [-0.3, -0.25) is 4.90 Å². The topological polar surface area (TPSA) is 35.5 Å². The standard InChI is InChI=1S/C17H26N2O/c1-13(15-5-2-6-17(20)10-15)19(16-7-8-16)12-14-4-3-9-18-11-14/h2,5-6,10,13-14,16,18,20H,3-4,7-9,11-12H2,1H3. The lowest BCUT2D eigenvalue weighted by atomic mass is 9.97. The van der Waals surface area contributed by atoms with E-state index in [0.717, 1.165) is 18.5 Å². The highest BCUT2D eigenvalue weighted by Crippen LogP contribution is 2.36. The Balaban J connectivity index is 1.69. The average Bonchev–Trinajstić information content (AvgIpc) is 3.30. The number of nitrogens with zero attached hydrogens (tertiary/aromatic N) is 1. The van der Waals surface area contributed by atoms with E-state index >= 15 is 0 Å². The van der Waals surface area contributed by atoms with Crippen LogP contribution in [0.4, 0.5) is 0 Å². The van der Waals surface area contributed by atoms with E-state index in [4.69, 9.17) is 0 Å². The third kappa shape index (κ3) is 3.33. The van der Waals surface area contributed by atoms with Gasteiger partial charge in [-0.15, -0.1) is 0 Å². The summed E-state index contributed by atoms with van der Waals surface area (Å²) in [6.07, 6.45) is 5.33. The first-order valence-corrected chi connectivity index (χ1v) is 7.99. The first-order valence-electron chi connectivity index (χ1n) is 7.99. The van der Waals surface area contributed by atoms with E-state index in [1.165, 1.54) is 44.3 Å². The molecule has 0 spiro atoms. The highest BCUT2D eigenvalue weighted by Gasteiger charge is 2.34. The largest absolute Gasteiger partial charge is 0.508 e. The summed E-state index contributed by atoms with van der Waals surface area (Å²) in [5.41, 5.74) is 1.24. The molecule has 2 unspecified atom stereocenters. The lowest BCUT2D eigenvalue weighted by molar-refractivity contribution is 0.154. The van der Waals surface area contributed by atoms with Crippen molar-refractivity contribution in [1.29, 1.82) is 0 Å². The summed E-state index contributed by atoms with van der Waals surface area (Å²) >= 11 is 0. The van der Waals surface area contributed by atoms with Crippen LogP contribution in [0.3, 0.4) is 0 Å². The van der Waals surface area contributed by atoms with Gasteiger partial charge in [0.2, 0.25) is 0 Å². The molecule has 2 N–H and O–H groups in total. The van der Waals surface area contributed by atoms with E-state index < -0.39 is 0 Å². The lowest BCUT2D eigenvalue weighted by Crippen LogP contribution is -2.40. The maximum atomic E-state index is 9.69. The molecule has 0 radical (unpaired) electrons. The Morgan fingerprint density at radius 1 is 1.35 bits per heavy atom. The first-order chi connectivity index (χ1) is 9.74. The van der Waals surface area contributed by atoms with E-state index in [1.54, 1.807) is 6.07 Å². The third-order valence-corrected chi connectivity index (χ3v) is 4.73. The van der Waals surface area contributed by atoms with Crippen molar-refractivity contribution in [3.8, 4) is 5.75 Å². The fourth-order valence-electron chi connectivity index (χ4n) is 3.38. The van der Waals surface area contributed by atoms with Crippen LogP contribution in [0, 0.1) is 5.92 Å². The highest BCUT2D eigenvalue weighted by molar-refractivity contribution is 5.29. The second-order valence-electron chi connectivity index (χ2n) is 6.41. The van der Waals surface area contributed by atoms with Gasteiger partial charge in [0, 0.05) is 18.6 Å². The van der Waals surface area contributed by atoms with Gasteiger partial charge in [-0.1, -0.05) is 12.1 Å². The molecular formula is C17H26N2O. The Morgan fingerprint density at radius 2 is 2.20 bits per heavy atom. The molecule has 1 saturated carbocycles. The number of benzene rings is 1. The number of nitrogens with one attached hydrogen (secondary N) is 1. The Hall–Kier alpha value is -1.06. The Morgan fingerprint density at radius 3 is 2.85 bits per heavy atom. The van der Waals surface area contributed by atoms with Gasteiger partial charge < -0.3 is 10.4 Å². The van der Waals surface area contributed by atoms with Crippen LogP contribution in [0.5, 0.6) is 5.75 Å². The van der Waals surface area contributed by atoms with E-state index in [-0.39, 0.29) is 0 Å². The van der Waals surface area contributed by atoms with Crippen LogP contribution in [0.25, 0.3) is 0 Å². The molecule has 0 aromatic heterocycles. The summed E-state index contributed by atoms with van der Waals surface area (Å²) in [5, 5.41) is 13.2. The minimum atomic E-state index is 0.379. The van der Waals surface area contributed by atoms with Crippen LogP contribution >= 0.6 is 0 Å². The molecule has 2 aliphatic rings. The summed E-state index contributed by atoms with van der Waals surface area (Å²) in [4.78, 5) is 2.66. The molecule has 1 aliphatic carbocycles. The quantitative estimate of drug-likeness (QED) is 0.866. The summed E-state index contributed by atoms with van der Waals surface area (Å²) in [7, 11) is 0. The molecule has 1 saturated heterocycles. The number of aromatic hydroxyl groups is 1. The van der Waals surface area contributed by atoms with Gasteiger partial charge in [-0.2, -0.15) is 0 Å². The maximum Gasteiger partial charge on any atom is 0.115 e. The molecule has 1 aliphatic heterocycles. The van der Waals surface area contributed by atoms with Crippen LogP contribution in [0.2, 0.25) is 0 Å². The molecule has 20 heavy (non-hydrogen) atoms. The normalized spacial score (nSPS) is 24.8. The predicted molar refractivity (Wildman–Crippen MR) is 81.8 cm³/mol. The van der Waals surface area contributed by atoms with Gasteiger partial charge in [-0.25, -0.2) is 0 Å². The van der Waals surface area contributed by atoms with Crippen molar-refractivity contribution in [2.75, 3.05) is 19.6 Å². The minimum absolute atomic E-state index is 0.379. The summed E-state index contributed by atoms with van der Waals surface area (Å²) in [6, 6.07) is 8.92. The molecule has 3 rings (SSSR count). The number of piperidine rings is 1.